The van der Waals surface area contributed by atoms with Gasteiger partial charge in [-0.05, 0) is 18.2 Å². The van der Waals surface area contributed by atoms with Crippen LogP contribution < -0.4 is 0 Å². The predicted molar refractivity (Wildman–Crippen MR) is 61.0 cm³/mol. The van der Waals surface area contributed by atoms with Crippen LogP contribution in [-0.4, -0.2) is 16.1 Å². The van der Waals surface area contributed by atoms with Gasteiger partial charge in [0.15, 0.2) is 0 Å². The summed E-state index contributed by atoms with van der Waals surface area (Å²) in [5.41, 5.74) is 1.23. The standard InChI is InChI=1S/C11H8BrNO3/c12-8-3-1-2-7(4-8)11-13-9(6-16-11)5-10(14)15/h1-4,6H,5H2,(H,14,15). The number of carboxylic acid groups (broad SMARTS) is 1. The molecule has 1 heterocycles. The van der Waals surface area contributed by atoms with Crippen molar-refractivity contribution in [3.63, 3.8) is 0 Å². The van der Waals surface area contributed by atoms with E-state index in [1.165, 1.54) is 6.26 Å². The first-order valence-electron chi connectivity index (χ1n) is 4.57. The zero-order valence-electron chi connectivity index (χ0n) is 8.18. The van der Waals surface area contributed by atoms with E-state index in [0.29, 0.717) is 11.6 Å². The van der Waals surface area contributed by atoms with Gasteiger partial charge in [0.1, 0.15) is 6.26 Å². The van der Waals surface area contributed by atoms with Gasteiger partial charge in [-0.2, -0.15) is 0 Å². The monoisotopic (exact) mass is 281 g/mol. The van der Waals surface area contributed by atoms with E-state index in [9.17, 15) is 4.79 Å². The zero-order chi connectivity index (χ0) is 11.5. The molecule has 4 nitrogen and oxygen atoms in total. The Morgan fingerprint density at radius 1 is 1.50 bits per heavy atom. The number of oxazole rings is 1. The Morgan fingerprint density at radius 3 is 3.00 bits per heavy atom. The first-order chi connectivity index (χ1) is 7.65. The Balaban J connectivity index is 2.28. The van der Waals surface area contributed by atoms with Crippen LogP contribution in [-0.2, 0) is 11.2 Å². The molecule has 82 valence electrons. The molecule has 0 atom stereocenters. The van der Waals surface area contributed by atoms with Crippen molar-refractivity contribution >= 4 is 21.9 Å². The second-order valence-electron chi connectivity index (χ2n) is 3.22. The Bertz CT molecular complexity index is 521. The number of carbonyl (C=O) groups is 1. The van der Waals surface area contributed by atoms with Gasteiger partial charge in [0.05, 0.1) is 12.1 Å². The number of halogens is 1. The van der Waals surface area contributed by atoms with Crippen LogP contribution in [0.15, 0.2) is 39.4 Å². The number of carboxylic acids is 1. The van der Waals surface area contributed by atoms with Crippen molar-refractivity contribution in [3.05, 3.63) is 40.7 Å². The lowest BCUT2D eigenvalue weighted by Gasteiger charge is -1.95. The second kappa shape index (κ2) is 4.49. The number of aromatic nitrogens is 1. The third-order valence-electron chi connectivity index (χ3n) is 1.96. The van der Waals surface area contributed by atoms with Crippen LogP contribution in [0.4, 0.5) is 0 Å². The van der Waals surface area contributed by atoms with Crippen LogP contribution in [0.25, 0.3) is 11.5 Å². The minimum absolute atomic E-state index is 0.127. The highest BCUT2D eigenvalue weighted by Crippen LogP contribution is 2.22. The highest BCUT2D eigenvalue weighted by molar-refractivity contribution is 9.10. The number of hydrogen-bond acceptors (Lipinski definition) is 3. The summed E-state index contributed by atoms with van der Waals surface area (Å²) in [4.78, 5) is 14.6. The quantitative estimate of drug-likeness (QED) is 0.940. The molecule has 0 spiro atoms. The van der Waals surface area contributed by atoms with Gasteiger partial charge in [0, 0.05) is 10.0 Å². The van der Waals surface area contributed by atoms with E-state index in [-0.39, 0.29) is 6.42 Å². The van der Waals surface area contributed by atoms with E-state index in [1.54, 1.807) is 0 Å². The van der Waals surface area contributed by atoms with Crippen molar-refractivity contribution in [2.75, 3.05) is 0 Å². The summed E-state index contributed by atoms with van der Waals surface area (Å²) in [6.07, 6.45) is 1.24. The van der Waals surface area contributed by atoms with Crippen molar-refractivity contribution in [2.45, 2.75) is 6.42 Å². The molecule has 0 aliphatic heterocycles. The van der Waals surface area contributed by atoms with Gasteiger partial charge in [-0.25, -0.2) is 4.98 Å². The Morgan fingerprint density at radius 2 is 2.31 bits per heavy atom. The first kappa shape index (κ1) is 10.9. The van der Waals surface area contributed by atoms with E-state index in [1.807, 2.05) is 24.3 Å². The third kappa shape index (κ3) is 2.49. The number of nitrogens with zero attached hydrogens (tertiary/aromatic N) is 1. The van der Waals surface area contributed by atoms with Crippen molar-refractivity contribution in [1.82, 2.24) is 4.98 Å². The summed E-state index contributed by atoms with van der Waals surface area (Å²) >= 11 is 3.34. The van der Waals surface area contributed by atoms with Crippen molar-refractivity contribution < 1.29 is 14.3 Å². The van der Waals surface area contributed by atoms with Crippen LogP contribution in [0.2, 0.25) is 0 Å². The third-order valence-corrected chi connectivity index (χ3v) is 2.45. The topological polar surface area (TPSA) is 63.3 Å². The molecule has 0 aliphatic carbocycles. The lowest BCUT2D eigenvalue weighted by Crippen LogP contribution is -1.99. The van der Waals surface area contributed by atoms with Gasteiger partial charge < -0.3 is 9.52 Å². The van der Waals surface area contributed by atoms with Gasteiger partial charge in [-0.3, -0.25) is 4.79 Å². The van der Waals surface area contributed by atoms with Crippen molar-refractivity contribution in [3.8, 4) is 11.5 Å². The van der Waals surface area contributed by atoms with E-state index < -0.39 is 5.97 Å². The fourth-order valence-electron chi connectivity index (χ4n) is 1.30. The minimum atomic E-state index is -0.922. The van der Waals surface area contributed by atoms with Gasteiger partial charge in [0.2, 0.25) is 5.89 Å². The Hall–Kier alpha value is -1.62. The highest BCUT2D eigenvalue weighted by atomic mass is 79.9. The molecule has 2 rings (SSSR count). The van der Waals surface area contributed by atoms with E-state index in [2.05, 4.69) is 20.9 Å². The smallest absolute Gasteiger partial charge is 0.309 e. The Kier molecular flexibility index (Phi) is 3.05. The molecule has 1 aromatic carbocycles. The first-order valence-corrected chi connectivity index (χ1v) is 5.36. The number of hydrogen-bond donors (Lipinski definition) is 1. The number of rotatable bonds is 3. The summed E-state index contributed by atoms with van der Waals surface area (Å²) in [5.74, 6) is -0.494. The Labute approximate surface area is 100 Å². The summed E-state index contributed by atoms with van der Waals surface area (Å²) in [6.45, 7) is 0. The van der Waals surface area contributed by atoms with E-state index >= 15 is 0 Å². The fourth-order valence-corrected chi connectivity index (χ4v) is 1.70. The van der Waals surface area contributed by atoms with Gasteiger partial charge >= 0.3 is 5.97 Å². The van der Waals surface area contributed by atoms with Crippen LogP contribution in [0, 0.1) is 0 Å². The predicted octanol–water partition coefficient (Wildman–Crippen LogP) is 2.73. The molecule has 0 unspecified atom stereocenters. The molecule has 0 saturated carbocycles. The van der Waals surface area contributed by atoms with E-state index in [0.717, 1.165) is 10.0 Å². The van der Waals surface area contributed by atoms with Gasteiger partial charge in [-0.1, -0.05) is 22.0 Å². The lowest BCUT2D eigenvalue weighted by molar-refractivity contribution is -0.136. The summed E-state index contributed by atoms with van der Waals surface area (Å²) in [7, 11) is 0. The van der Waals surface area contributed by atoms with Crippen molar-refractivity contribution in [1.29, 1.82) is 0 Å². The molecule has 2 aromatic rings. The SMILES string of the molecule is O=C(O)Cc1coc(-c2cccc(Br)c2)n1. The van der Waals surface area contributed by atoms with Crippen LogP contribution >= 0.6 is 15.9 Å². The van der Waals surface area contributed by atoms with Crippen LogP contribution in [0.3, 0.4) is 0 Å². The summed E-state index contributed by atoms with van der Waals surface area (Å²) in [6, 6.07) is 7.46. The summed E-state index contributed by atoms with van der Waals surface area (Å²) < 4.78 is 6.13. The average molecular weight is 282 g/mol. The molecular weight excluding hydrogens is 274 g/mol. The molecule has 0 fully saturated rings. The van der Waals surface area contributed by atoms with Gasteiger partial charge in [-0.15, -0.1) is 0 Å². The fraction of sp³-hybridized carbons (Fsp3) is 0.0909. The maximum atomic E-state index is 10.5. The minimum Gasteiger partial charge on any atom is -0.481 e. The largest absolute Gasteiger partial charge is 0.481 e. The normalized spacial score (nSPS) is 10.3. The zero-order valence-corrected chi connectivity index (χ0v) is 9.77. The molecule has 1 aromatic heterocycles. The molecule has 16 heavy (non-hydrogen) atoms. The summed E-state index contributed by atoms with van der Waals surface area (Å²) in [5, 5.41) is 8.60. The molecule has 0 aliphatic rings. The number of aliphatic carboxylic acids is 1. The number of benzene rings is 1. The van der Waals surface area contributed by atoms with E-state index in [4.69, 9.17) is 9.52 Å². The molecule has 0 saturated heterocycles. The highest BCUT2D eigenvalue weighted by Gasteiger charge is 2.09. The molecule has 0 bridgehead atoms. The molecule has 0 amide bonds. The maximum absolute atomic E-state index is 10.5. The molecule has 0 radical (unpaired) electrons. The average Bonchev–Trinajstić information content (AvgIpc) is 2.65. The lowest BCUT2D eigenvalue weighted by atomic mass is 10.2. The van der Waals surface area contributed by atoms with Crippen molar-refractivity contribution in [2.24, 2.45) is 0 Å². The second-order valence-corrected chi connectivity index (χ2v) is 4.14. The van der Waals surface area contributed by atoms with Crippen LogP contribution in [0.1, 0.15) is 5.69 Å². The molecule has 1 N–H and O–H groups in total. The maximum Gasteiger partial charge on any atom is 0.309 e. The molecular formula is C11H8BrNO3. The van der Waals surface area contributed by atoms with Crippen LogP contribution in [0.5, 0.6) is 0 Å². The van der Waals surface area contributed by atoms with Gasteiger partial charge in [0.25, 0.3) is 0 Å². The molecule has 5 heteroatoms.